The number of anilines is 1. The molecule has 30 heavy (non-hydrogen) atoms. The molecule has 0 bridgehead atoms. The Morgan fingerprint density at radius 3 is 2.20 bits per heavy atom. The first-order chi connectivity index (χ1) is 14.4. The average Bonchev–Trinajstić information content (AvgIpc) is 2.99. The van der Waals surface area contributed by atoms with E-state index in [4.69, 9.17) is 16.3 Å². The molecule has 1 atom stereocenters. The lowest BCUT2D eigenvalue weighted by Gasteiger charge is -2.24. The van der Waals surface area contributed by atoms with Crippen LogP contribution < -0.4 is 5.32 Å². The van der Waals surface area contributed by atoms with Gasteiger partial charge in [0.25, 0.3) is 17.7 Å². The third-order valence-corrected chi connectivity index (χ3v) is 4.97. The lowest BCUT2D eigenvalue weighted by Crippen LogP contribution is -2.46. The quantitative estimate of drug-likeness (QED) is 0.511. The summed E-state index contributed by atoms with van der Waals surface area (Å²) in [6, 6.07) is 11.8. The van der Waals surface area contributed by atoms with E-state index in [0.29, 0.717) is 17.1 Å². The predicted octanol–water partition coefficient (Wildman–Crippen LogP) is 3.68. The summed E-state index contributed by atoms with van der Waals surface area (Å²) in [6.45, 7) is 1.40. The second-order valence-corrected chi connectivity index (χ2v) is 7.28. The number of fused-ring (bicyclic) bond motifs is 1. The highest BCUT2D eigenvalue weighted by molar-refractivity contribution is 6.30. The van der Waals surface area contributed by atoms with E-state index in [1.165, 1.54) is 0 Å². The highest BCUT2D eigenvalue weighted by Gasteiger charge is 2.43. The van der Waals surface area contributed by atoms with Crippen LogP contribution in [0.4, 0.5) is 5.69 Å². The molecule has 0 unspecified atom stereocenters. The van der Waals surface area contributed by atoms with Crippen LogP contribution in [0.1, 0.15) is 46.9 Å². The van der Waals surface area contributed by atoms with Crippen molar-refractivity contribution in [1.82, 2.24) is 4.90 Å². The fourth-order valence-electron chi connectivity index (χ4n) is 3.20. The van der Waals surface area contributed by atoms with Crippen molar-refractivity contribution in [3.63, 3.8) is 0 Å². The molecule has 1 N–H and O–H groups in total. The molecule has 0 saturated heterocycles. The van der Waals surface area contributed by atoms with Crippen molar-refractivity contribution in [3.8, 4) is 0 Å². The molecule has 7 nitrogen and oxygen atoms in total. The highest BCUT2D eigenvalue weighted by atomic mass is 35.5. The van der Waals surface area contributed by atoms with E-state index in [1.54, 1.807) is 48.5 Å². The third-order valence-electron chi connectivity index (χ3n) is 4.71. The Hall–Kier alpha value is -3.19. The molecule has 0 saturated carbocycles. The van der Waals surface area contributed by atoms with Crippen molar-refractivity contribution < 1.29 is 23.9 Å². The summed E-state index contributed by atoms with van der Waals surface area (Å²) in [5.41, 5.74) is 1.03. The van der Waals surface area contributed by atoms with Crippen LogP contribution in [-0.2, 0) is 14.3 Å². The van der Waals surface area contributed by atoms with Gasteiger partial charge in [0.2, 0.25) is 0 Å². The fourth-order valence-corrected chi connectivity index (χ4v) is 3.33. The summed E-state index contributed by atoms with van der Waals surface area (Å²) in [5, 5.41) is 3.11. The number of carbonyl (C=O) groups excluding carboxylic acids is 4. The SMILES string of the molecule is CCCC[C@@H](C(=O)OCC(=O)Nc1ccc(Cl)cc1)N1C(=O)c2ccccc2C1=O. The maximum absolute atomic E-state index is 12.7. The molecule has 3 rings (SSSR count). The molecule has 1 aliphatic rings. The summed E-state index contributed by atoms with van der Waals surface area (Å²) in [4.78, 5) is 51.2. The van der Waals surface area contributed by atoms with Crippen molar-refractivity contribution in [2.24, 2.45) is 0 Å². The minimum absolute atomic E-state index is 0.261. The largest absolute Gasteiger partial charge is 0.454 e. The molecule has 0 fully saturated rings. The number of imide groups is 1. The van der Waals surface area contributed by atoms with Crippen molar-refractivity contribution in [1.29, 1.82) is 0 Å². The van der Waals surface area contributed by atoms with Crippen LogP contribution in [0.25, 0.3) is 0 Å². The summed E-state index contributed by atoms with van der Waals surface area (Å²) in [5.74, 6) is -2.38. The maximum Gasteiger partial charge on any atom is 0.329 e. The zero-order chi connectivity index (χ0) is 21.7. The van der Waals surface area contributed by atoms with Crippen LogP contribution in [0.5, 0.6) is 0 Å². The standard InChI is InChI=1S/C22H21ClN2O5/c1-2-3-8-18(25-20(27)16-6-4-5-7-17(16)21(25)28)22(29)30-13-19(26)24-15-11-9-14(23)10-12-15/h4-7,9-12,18H,2-3,8,13H2,1H3,(H,24,26)/t18-/m0/s1. The first-order valence-corrected chi connectivity index (χ1v) is 9.99. The smallest absolute Gasteiger partial charge is 0.329 e. The molecular weight excluding hydrogens is 408 g/mol. The van der Waals surface area contributed by atoms with E-state index in [-0.39, 0.29) is 17.5 Å². The molecule has 2 aromatic carbocycles. The Bertz CT molecular complexity index is 939. The first kappa shape index (κ1) is 21.5. The number of esters is 1. The number of nitrogens with zero attached hydrogens (tertiary/aromatic N) is 1. The molecule has 0 spiro atoms. The zero-order valence-corrected chi connectivity index (χ0v) is 17.1. The summed E-state index contributed by atoms with van der Waals surface area (Å²) in [7, 11) is 0. The molecule has 0 aliphatic carbocycles. The van der Waals surface area contributed by atoms with E-state index < -0.39 is 36.3 Å². The number of rotatable bonds is 8. The van der Waals surface area contributed by atoms with Gasteiger partial charge in [-0.25, -0.2) is 4.79 Å². The molecule has 3 amide bonds. The van der Waals surface area contributed by atoms with Gasteiger partial charge in [-0.05, 0) is 42.8 Å². The Kier molecular flexibility index (Phi) is 6.84. The topological polar surface area (TPSA) is 92.8 Å². The number of benzene rings is 2. The molecule has 1 heterocycles. The van der Waals surface area contributed by atoms with E-state index in [1.807, 2.05) is 6.92 Å². The molecule has 1 aliphatic heterocycles. The molecule has 0 radical (unpaired) electrons. The van der Waals surface area contributed by atoms with Crippen molar-refractivity contribution in [3.05, 3.63) is 64.7 Å². The van der Waals surface area contributed by atoms with Gasteiger partial charge in [-0.1, -0.05) is 43.5 Å². The maximum atomic E-state index is 12.7. The lowest BCUT2D eigenvalue weighted by molar-refractivity contribution is -0.151. The van der Waals surface area contributed by atoms with Gasteiger partial charge in [0, 0.05) is 10.7 Å². The Labute approximate surface area is 179 Å². The van der Waals surface area contributed by atoms with E-state index >= 15 is 0 Å². The van der Waals surface area contributed by atoms with Gasteiger partial charge < -0.3 is 10.1 Å². The number of hydrogen-bond acceptors (Lipinski definition) is 5. The molecular formula is C22H21ClN2O5. The number of unbranched alkanes of at least 4 members (excludes halogenated alkanes) is 1. The van der Waals surface area contributed by atoms with Gasteiger partial charge in [0.05, 0.1) is 11.1 Å². The van der Waals surface area contributed by atoms with Crippen LogP contribution in [-0.4, -0.2) is 41.2 Å². The monoisotopic (exact) mass is 428 g/mol. The van der Waals surface area contributed by atoms with Crippen LogP contribution in [0.15, 0.2) is 48.5 Å². The number of amides is 3. The van der Waals surface area contributed by atoms with Crippen molar-refractivity contribution in [2.75, 3.05) is 11.9 Å². The van der Waals surface area contributed by atoms with Gasteiger partial charge in [-0.15, -0.1) is 0 Å². The number of ether oxygens (including phenoxy) is 1. The Balaban J connectivity index is 1.67. The normalized spacial score (nSPS) is 13.7. The second kappa shape index (κ2) is 9.54. The molecule has 156 valence electrons. The van der Waals surface area contributed by atoms with E-state index in [0.717, 1.165) is 11.3 Å². The zero-order valence-electron chi connectivity index (χ0n) is 16.4. The average molecular weight is 429 g/mol. The van der Waals surface area contributed by atoms with Crippen molar-refractivity contribution in [2.45, 2.75) is 32.2 Å². The van der Waals surface area contributed by atoms with Gasteiger partial charge in [0.1, 0.15) is 6.04 Å². The minimum atomic E-state index is -1.08. The van der Waals surface area contributed by atoms with Gasteiger partial charge in [-0.2, -0.15) is 0 Å². The second-order valence-electron chi connectivity index (χ2n) is 6.85. The number of carbonyl (C=O) groups is 4. The van der Waals surface area contributed by atoms with E-state index in [9.17, 15) is 19.2 Å². The number of hydrogen-bond donors (Lipinski definition) is 1. The number of halogens is 1. The van der Waals surface area contributed by atoms with Crippen LogP contribution in [0.2, 0.25) is 5.02 Å². The van der Waals surface area contributed by atoms with E-state index in [2.05, 4.69) is 5.32 Å². The summed E-state index contributed by atoms with van der Waals surface area (Å²) < 4.78 is 5.14. The summed E-state index contributed by atoms with van der Waals surface area (Å²) in [6.07, 6.45) is 1.65. The molecule has 0 aromatic heterocycles. The molecule has 2 aromatic rings. The van der Waals surface area contributed by atoms with Crippen LogP contribution >= 0.6 is 11.6 Å². The minimum Gasteiger partial charge on any atom is -0.454 e. The van der Waals surface area contributed by atoms with Gasteiger partial charge >= 0.3 is 5.97 Å². The Morgan fingerprint density at radius 1 is 1.03 bits per heavy atom. The van der Waals surface area contributed by atoms with Gasteiger partial charge in [-0.3, -0.25) is 19.3 Å². The first-order valence-electron chi connectivity index (χ1n) is 9.61. The third kappa shape index (κ3) is 4.68. The summed E-state index contributed by atoms with van der Waals surface area (Å²) >= 11 is 5.80. The number of nitrogens with one attached hydrogen (secondary N) is 1. The molecule has 8 heteroatoms. The predicted molar refractivity (Wildman–Crippen MR) is 111 cm³/mol. The van der Waals surface area contributed by atoms with Crippen LogP contribution in [0.3, 0.4) is 0 Å². The fraction of sp³-hybridized carbons (Fsp3) is 0.273. The lowest BCUT2D eigenvalue weighted by atomic mass is 10.1. The van der Waals surface area contributed by atoms with Gasteiger partial charge in [0.15, 0.2) is 6.61 Å². The Morgan fingerprint density at radius 2 is 1.63 bits per heavy atom. The highest BCUT2D eigenvalue weighted by Crippen LogP contribution is 2.27. The van der Waals surface area contributed by atoms with Crippen molar-refractivity contribution >= 4 is 41.0 Å². The van der Waals surface area contributed by atoms with Crippen LogP contribution in [0, 0.1) is 0 Å².